The Morgan fingerprint density at radius 3 is 2.39 bits per heavy atom. The van der Waals surface area contributed by atoms with Crippen LogP contribution < -0.4 is 11.1 Å². The molecule has 0 aliphatic rings. The van der Waals surface area contributed by atoms with Crippen molar-refractivity contribution in [2.24, 2.45) is 12.8 Å². The number of aromatic nitrogens is 2. The number of anilines is 1. The number of hydrogen-bond acceptors (Lipinski definition) is 3. The van der Waals surface area contributed by atoms with Crippen molar-refractivity contribution in [3.05, 3.63) is 59.4 Å². The topological polar surface area (TPSA) is 90.0 Å². The maximum Gasteiger partial charge on any atom is 0.255 e. The van der Waals surface area contributed by atoms with Gasteiger partial charge in [0.2, 0.25) is 5.91 Å². The van der Waals surface area contributed by atoms with Crippen LogP contribution in [0.5, 0.6) is 0 Å². The fourth-order valence-corrected chi connectivity index (χ4v) is 2.38. The molecule has 6 heteroatoms. The van der Waals surface area contributed by atoms with Crippen molar-refractivity contribution < 1.29 is 9.59 Å². The summed E-state index contributed by atoms with van der Waals surface area (Å²) >= 11 is 0. The quantitative estimate of drug-likeness (QED) is 0.777. The number of hydrogen-bond donors (Lipinski definition) is 2. The van der Waals surface area contributed by atoms with E-state index in [9.17, 15) is 9.59 Å². The normalized spacial score (nSPS) is 10.7. The molecule has 0 saturated carbocycles. The highest BCUT2D eigenvalue weighted by molar-refractivity contribution is 6.06. The molecule has 6 nitrogen and oxygen atoms in total. The van der Waals surface area contributed by atoms with Gasteiger partial charge in [0.1, 0.15) is 5.82 Å². The zero-order valence-electron chi connectivity index (χ0n) is 12.8. The van der Waals surface area contributed by atoms with Gasteiger partial charge in [-0.25, -0.2) is 4.98 Å². The second-order valence-electron chi connectivity index (χ2n) is 5.32. The second kappa shape index (κ2) is 5.57. The third-order valence-corrected chi connectivity index (χ3v) is 3.79. The number of fused-ring (bicyclic) bond motifs is 1. The Kier molecular flexibility index (Phi) is 3.57. The van der Waals surface area contributed by atoms with E-state index in [1.165, 1.54) is 0 Å². The van der Waals surface area contributed by atoms with E-state index >= 15 is 0 Å². The molecule has 116 valence electrons. The standard InChI is InChI=1S/C17H16N4O2/c1-10-19-14-9-12(5-8-15(14)21(10)2)17(23)20-13-6-3-11(4-7-13)16(18)22/h3-9H,1-2H3,(H2,18,22)(H,20,23). The van der Waals surface area contributed by atoms with Crippen LogP contribution in [0.15, 0.2) is 42.5 Å². The fourth-order valence-electron chi connectivity index (χ4n) is 2.38. The van der Waals surface area contributed by atoms with Crippen LogP contribution >= 0.6 is 0 Å². The third kappa shape index (κ3) is 2.78. The summed E-state index contributed by atoms with van der Waals surface area (Å²) in [4.78, 5) is 27.8. The number of amides is 2. The number of benzene rings is 2. The Labute approximate surface area is 132 Å². The molecule has 0 atom stereocenters. The molecule has 3 aromatic rings. The highest BCUT2D eigenvalue weighted by Gasteiger charge is 2.10. The lowest BCUT2D eigenvalue weighted by atomic mass is 10.1. The maximum absolute atomic E-state index is 12.3. The summed E-state index contributed by atoms with van der Waals surface area (Å²) in [7, 11) is 1.94. The minimum absolute atomic E-state index is 0.234. The molecule has 3 N–H and O–H groups in total. The van der Waals surface area contributed by atoms with Gasteiger partial charge >= 0.3 is 0 Å². The molecule has 0 radical (unpaired) electrons. The molecule has 2 amide bonds. The zero-order chi connectivity index (χ0) is 16.6. The van der Waals surface area contributed by atoms with E-state index in [0.29, 0.717) is 16.8 Å². The number of nitrogens with one attached hydrogen (secondary N) is 1. The first kappa shape index (κ1) is 14.8. The van der Waals surface area contributed by atoms with Crippen LogP contribution in [0.4, 0.5) is 5.69 Å². The van der Waals surface area contributed by atoms with Gasteiger partial charge in [-0.2, -0.15) is 0 Å². The van der Waals surface area contributed by atoms with Gasteiger partial charge in [-0.05, 0) is 49.4 Å². The van der Waals surface area contributed by atoms with Crippen molar-refractivity contribution in [3.8, 4) is 0 Å². The lowest BCUT2D eigenvalue weighted by Crippen LogP contribution is -2.13. The number of rotatable bonds is 3. The van der Waals surface area contributed by atoms with Crippen LogP contribution in [0.25, 0.3) is 11.0 Å². The Morgan fingerprint density at radius 2 is 1.74 bits per heavy atom. The Balaban J connectivity index is 1.84. The van der Waals surface area contributed by atoms with Gasteiger partial charge < -0.3 is 15.6 Å². The van der Waals surface area contributed by atoms with Gasteiger partial charge in [-0.3, -0.25) is 9.59 Å². The van der Waals surface area contributed by atoms with E-state index in [1.807, 2.05) is 24.6 Å². The average Bonchev–Trinajstić information content (AvgIpc) is 2.82. The van der Waals surface area contributed by atoms with Crippen molar-refractivity contribution in [2.45, 2.75) is 6.92 Å². The van der Waals surface area contributed by atoms with Crippen LogP contribution in [0.3, 0.4) is 0 Å². The van der Waals surface area contributed by atoms with E-state index < -0.39 is 5.91 Å². The smallest absolute Gasteiger partial charge is 0.255 e. The van der Waals surface area contributed by atoms with Crippen molar-refractivity contribution >= 4 is 28.5 Å². The van der Waals surface area contributed by atoms with Crippen molar-refractivity contribution in [1.82, 2.24) is 9.55 Å². The molecule has 0 spiro atoms. The Hall–Kier alpha value is -3.15. The SMILES string of the molecule is Cc1nc2cc(C(=O)Nc3ccc(C(N)=O)cc3)ccc2n1C. The molecule has 3 rings (SSSR count). The predicted molar refractivity (Wildman–Crippen MR) is 88.4 cm³/mol. The van der Waals surface area contributed by atoms with Crippen LogP contribution in [0.1, 0.15) is 26.5 Å². The number of primary amides is 1. The Bertz CT molecular complexity index is 910. The van der Waals surface area contributed by atoms with E-state index in [0.717, 1.165) is 16.9 Å². The summed E-state index contributed by atoms with van der Waals surface area (Å²) in [5, 5.41) is 2.78. The molecular formula is C17H16N4O2. The summed E-state index contributed by atoms with van der Waals surface area (Å²) in [6, 6.07) is 11.8. The largest absolute Gasteiger partial charge is 0.366 e. The summed E-state index contributed by atoms with van der Waals surface area (Å²) in [5.41, 5.74) is 8.46. The average molecular weight is 308 g/mol. The third-order valence-electron chi connectivity index (χ3n) is 3.79. The number of nitrogens with two attached hydrogens (primary N) is 1. The van der Waals surface area contributed by atoms with Gasteiger partial charge in [0.25, 0.3) is 5.91 Å². The van der Waals surface area contributed by atoms with Gasteiger partial charge in [0, 0.05) is 23.9 Å². The highest BCUT2D eigenvalue weighted by atomic mass is 16.2. The number of carbonyl (C=O) groups excluding carboxylic acids is 2. The monoisotopic (exact) mass is 308 g/mol. The Morgan fingerprint density at radius 1 is 1.09 bits per heavy atom. The van der Waals surface area contributed by atoms with E-state index in [2.05, 4.69) is 10.3 Å². The fraction of sp³-hybridized carbons (Fsp3) is 0.118. The first-order valence-electron chi connectivity index (χ1n) is 7.10. The van der Waals surface area contributed by atoms with E-state index in [1.54, 1.807) is 36.4 Å². The molecule has 2 aromatic carbocycles. The highest BCUT2D eigenvalue weighted by Crippen LogP contribution is 2.18. The number of nitrogens with zero attached hydrogens (tertiary/aromatic N) is 2. The molecule has 0 bridgehead atoms. The minimum atomic E-state index is -0.501. The molecule has 0 aliphatic heterocycles. The van der Waals surface area contributed by atoms with Crippen molar-refractivity contribution in [2.75, 3.05) is 5.32 Å². The molecule has 0 unspecified atom stereocenters. The summed E-state index contributed by atoms with van der Waals surface area (Å²) in [5.74, 6) is 0.153. The van der Waals surface area contributed by atoms with Crippen LogP contribution in [0.2, 0.25) is 0 Å². The van der Waals surface area contributed by atoms with Crippen molar-refractivity contribution in [3.63, 3.8) is 0 Å². The molecule has 1 aromatic heterocycles. The van der Waals surface area contributed by atoms with E-state index in [-0.39, 0.29) is 5.91 Å². The van der Waals surface area contributed by atoms with Crippen molar-refractivity contribution in [1.29, 1.82) is 0 Å². The van der Waals surface area contributed by atoms with E-state index in [4.69, 9.17) is 5.73 Å². The zero-order valence-corrected chi connectivity index (χ0v) is 12.8. The van der Waals surface area contributed by atoms with Crippen LogP contribution in [-0.2, 0) is 7.05 Å². The second-order valence-corrected chi connectivity index (χ2v) is 5.32. The van der Waals surface area contributed by atoms with Gasteiger partial charge in [-0.15, -0.1) is 0 Å². The number of carbonyl (C=O) groups is 2. The van der Waals surface area contributed by atoms with Gasteiger partial charge in [0.15, 0.2) is 0 Å². The maximum atomic E-state index is 12.3. The molecule has 0 saturated heterocycles. The first-order chi connectivity index (χ1) is 11.0. The minimum Gasteiger partial charge on any atom is -0.366 e. The van der Waals surface area contributed by atoms with Gasteiger partial charge in [-0.1, -0.05) is 0 Å². The lowest BCUT2D eigenvalue weighted by Gasteiger charge is -2.06. The summed E-state index contributed by atoms with van der Waals surface area (Å²) < 4.78 is 1.97. The first-order valence-corrected chi connectivity index (χ1v) is 7.10. The molecule has 0 fully saturated rings. The van der Waals surface area contributed by atoms with Crippen LogP contribution in [-0.4, -0.2) is 21.4 Å². The summed E-state index contributed by atoms with van der Waals surface area (Å²) in [6.07, 6.45) is 0. The number of imidazole rings is 1. The molecule has 1 heterocycles. The molecular weight excluding hydrogens is 292 g/mol. The number of aryl methyl sites for hydroxylation is 2. The molecule has 0 aliphatic carbocycles. The predicted octanol–water partition coefficient (Wildman–Crippen LogP) is 2.23. The lowest BCUT2D eigenvalue weighted by molar-refractivity contribution is 0.0998. The van der Waals surface area contributed by atoms with Crippen LogP contribution in [0, 0.1) is 6.92 Å². The summed E-state index contributed by atoms with van der Waals surface area (Å²) in [6.45, 7) is 1.92. The van der Waals surface area contributed by atoms with Gasteiger partial charge in [0.05, 0.1) is 11.0 Å². The molecule has 23 heavy (non-hydrogen) atoms.